The number of nitrogens with one attached hydrogen (secondary N) is 2. The largest absolute Gasteiger partial charge is 0.385 e. The molecule has 4 heteroatoms. The summed E-state index contributed by atoms with van der Waals surface area (Å²) in [6.07, 6.45) is 4.38. The molecule has 1 aromatic carbocycles. The third-order valence-corrected chi connectivity index (χ3v) is 3.74. The zero-order chi connectivity index (χ0) is 14.4. The number of hydrogen-bond acceptors (Lipinski definition) is 3. The van der Waals surface area contributed by atoms with Crippen LogP contribution in [-0.2, 0) is 4.79 Å². The Morgan fingerprint density at radius 1 is 1.20 bits per heavy atom. The molecule has 1 aliphatic carbocycles. The molecule has 2 rings (SSSR count). The molecule has 0 atom stereocenters. The third kappa shape index (κ3) is 4.53. The summed E-state index contributed by atoms with van der Waals surface area (Å²) < 4.78 is 0. The molecule has 0 radical (unpaired) electrons. The molecular weight excluding hydrogens is 250 g/mol. The van der Waals surface area contributed by atoms with Crippen molar-refractivity contribution < 1.29 is 4.79 Å². The molecule has 1 saturated carbocycles. The van der Waals surface area contributed by atoms with Crippen molar-refractivity contribution in [2.45, 2.75) is 25.7 Å². The summed E-state index contributed by atoms with van der Waals surface area (Å²) in [6, 6.07) is 7.97. The van der Waals surface area contributed by atoms with Crippen molar-refractivity contribution in [2.24, 2.45) is 5.92 Å². The molecule has 2 N–H and O–H groups in total. The van der Waals surface area contributed by atoms with Crippen LogP contribution in [0.1, 0.15) is 25.7 Å². The van der Waals surface area contributed by atoms with Crippen LogP contribution in [0.2, 0.25) is 0 Å². The smallest absolute Gasteiger partial charge is 0.227 e. The van der Waals surface area contributed by atoms with Gasteiger partial charge < -0.3 is 15.5 Å². The Labute approximate surface area is 121 Å². The van der Waals surface area contributed by atoms with Crippen LogP contribution in [0.15, 0.2) is 24.3 Å². The second kappa shape index (κ2) is 7.29. The van der Waals surface area contributed by atoms with Gasteiger partial charge in [0.25, 0.3) is 0 Å². The number of amides is 1. The number of carbonyl (C=O) groups is 1. The van der Waals surface area contributed by atoms with E-state index in [2.05, 4.69) is 29.6 Å². The second-order valence-corrected chi connectivity index (χ2v) is 5.78. The lowest BCUT2D eigenvalue weighted by Gasteiger charge is -2.24. The van der Waals surface area contributed by atoms with Crippen LogP contribution < -0.4 is 10.6 Å². The summed E-state index contributed by atoms with van der Waals surface area (Å²) in [7, 11) is 4.17. The highest BCUT2D eigenvalue weighted by Crippen LogP contribution is 2.27. The summed E-state index contributed by atoms with van der Waals surface area (Å²) in [5.41, 5.74) is 1.99. The van der Waals surface area contributed by atoms with Gasteiger partial charge in [-0.1, -0.05) is 6.42 Å². The minimum absolute atomic E-state index is 0.169. The van der Waals surface area contributed by atoms with Gasteiger partial charge in [-0.2, -0.15) is 0 Å². The number of nitrogens with zero attached hydrogens (tertiary/aromatic N) is 1. The Kier molecular flexibility index (Phi) is 5.41. The minimum atomic E-state index is 0.169. The van der Waals surface area contributed by atoms with Crippen LogP contribution in [0.3, 0.4) is 0 Å². The van der Waals surface area contributed by atoms with E-state index in [0.29, 0.717) is 0 Å². The highest BCUT2D eigenvalue weighted by atomic mass is 16.1. The molecule has 110 valence electrons. The van der Waals surface area contributed by atoms with E-state index >= 15 is 0 Å². The average Bonchev–Trinajstić information content (AvgIpc) is 2.34. The fourth-order valence-electron chi connectivity index (χ4n) is 2.21. The highest BCUT2D eigenvalue weighted by molar-refractivity contribution is 5.93. The van der Waals surface area contributed by atoms with Crippen LogP contribution in [-0.4, -0.2) is 38.0 Å². The van der Waals surface area contributed by atoms with Gasteiger partial charge in [0.1, 0.15) is 0 Å². The quantitative estimate of drug-likeness (QED) is 0.752. The van der Waals surface area contributed by atoms with E-state index in [0.717, 1.165) is 43.7 Å². The standard InChI is InChI=1S/C16H25N3O/c1-19(2)12-4-11-17-14-7-9-15(10-8-14)18-16(20)13-5-3-6-13/h7-10,13,17H,3-6,11-12H2,1-2H3,(H,18,20). The zero-order valence-corrected chi connectivity index (χ0v) is 12.5. The summed E-state index contributed by atoms with van der Waals surface area (Å²) >= 11 is 0. The first-order chi connectivity index (χ1) is 9.65. The summed E-state index contributed by atoms with van der Waals surface area (Å²) in [5, 5.41) is 6.37. The number of hydrogen-bond donors (Lipinski definition) is 2. The van der Waals surface area contributed by atoms with Gasteiger partial charge in [-0.3, -0.25) is 4.79 Å². The van der Waals surface area contributed by atoms with Crippen molar-refractivity contribution in [3.63, 3.8) is 0 Å². The lowest BCUT2D eigenvalue weighted by Crippen LogP contribution is -2.27. The average molecular weight is 275 g/mol. The predicted molar refractivity (Wildman–Crippen MR) is 84.1 cm³/mol. The summed E-state index contributed by atoms with van der Waals surface area (Å²) in [6.45, 7) is 2.05. The van der Waals surface area contributed by atoms with E-state index in [1.165, 1.54) is 6.42 Å². The van der Waals surface area contributed by atoms with E-state index in [1.807, 2.05) is 24.3 Å². The first kappa shape index (κ1) is 14.9. The van der Waals surface area contributed by atoms with E-state index in [4.69, 9.17) is 0 Å². The maximum Gasteiger partial charge on any atom is 0.227 e. The fraction of sp³-hybridized carbons (Fsp3) is 0.562. The Hall–Kier alpha value is -1.55. The van der Waals surface area contributed by atoms with Crippen molar-refractivity contribution in [3.8, 4) is 0 Å². The normalized spacial score (nSPS) is 14.9. The molecule has 0 aromatic heterocycles. The maximum absolute atomic E-state index is 11.8. The number of carbonyl (C=O) groups excluding carboxylic acids is 1. The molecule has 0 spiro atoms. The SMILES string of the molecule is CN(C)CCCNc1ccc(NC(=O)C2CCC2)cc1. The maximum atomic E-state index is 11.8. The Bertz CT molecular complexity index is 424. The molecule has 0 saturated heterocycles. The molecule has 0 unspecified atom stereocenters. The van der Waals surface area contributed by atoms with E-state index < -0.39 is 0 Å². The minimum Gasteiger partial charge on any atom is -0.385 e. The van der Waals surface area contributed by atoms with Crippen LogP contribution in [0.5, 0.6) is 0 Å². The van der Waals surface area contributed by atoms with Crippen molar-refractivity contribution in [3.05, 3.63) is 24.3 Å². The van der Waals surface area contributed by atoms with Gasteiger partial charge in [-0.05, 0) is 64.2 Å². The van der Waals surface area contributed by atoms with Gasteiger partial charge in [0.15, 0.2) is 0 Å². The number of benzene rings is 1. The molecule has 1 aliphatic rings. The van der Waals surface area contributed by atoms with Crippen LogP contribution >= 0.6 is 0 Å². The molecule has 1 fully saturated rings. The van der Waals surface area contributed by atoms with E-state index in [-0.39, 0.29) is 11.8 Å². The molecular formula is C16H25N3O. The Balaban J connectivity index is 1.73. The molecule has 0 aliphatic heterocycles. The van der Waals surface area contributed by atoms with Crippen LogP contribution in [0.4, 0.5) is 11.4 Å². The van der Waals surface area contributed by atoms with Gasteiger partial charge in [0, 0.05) is 23.8 Å². The van der Waals surface area contributed by atoms with E-state index in [1.54, 1.807) is 0 Å². The first-order valence-electron chi connectivity index (χ1n) is 7.44. The first-order valence-corrected chi connectivity index (χ1v) is 7.44. The number of anilines is 2. The van der Waals surface area contributed by atoms with Crippen molar-refractivity contribution in [1.29, 1.82) is 0 Å². The topological polar surface area (TPSA) is 44.4 Å². The summed E-state index contributed by atoms with van der Waals surface area (Å²) in [4.78, 5) is 14.0. The monoisotopic (exact) mass is 275 g/mol. The van der Waals surface area contributed by atoms with Gasteiger partial charge in [0.2, 0.25) is 5.91 Å². The molecule has 0 bridgehead atoms. The van der Waals surface area contributed by atoms with Crippen LogP contribution in [0.25, 0.3) is 0 Å². The Morgan fingerprint density at radius 2 is 1.85 bits per heavy atom. The van der Waals surface area contributed by atoms with Gasteiger partial charge in [-0.25, -0.2) is 0 Å². The molecule has 0 heterocycles. The highest BCUT2D eigenvalue weighted by Gasteiger charge is 2.24. The fourth-order valence-corrected chi connectivity index (χ4v) is 2.21. The zero-order valence-electron chi connectivity index (χ0n) is 12.5. The molecule has 4 nitrogen and oxygen atoms in total. The summed E-state index contributed by atoms with van der Waals surface area (Å²) in [5.74, 6) is 0.404. The third-order valence-electron chi connectivity index (χ3n) is 3.74. The lowest BCUT2D eigenvalue weighted by molar-refractivity contribution is -0.122. The molecule has 1 amide bonds. The van der Waals surface area contributed by atoms with Crippen molar-refractivity contribution in [1.82, 2.24) is 4.90 Å². The van der Waals surface area contributed by atoms with Gasteiger partial charge >= 0.3 is 0 Å². The molecule has 1 aromatic rings. The van der Waals surface area contributed by atoms with Crippen molar-refractivity contribution in [2.75, 3.05) is 37.8 Å². The number of rotatable bonds is 7. The van der Waals surface area contributed by atoms with Crippen LogP contribution in [0, 0.1) is 5.92 Å². The lowest BCUT2D eigenvalue weighted by atomic mass is 9.85. The van der Waals surface area contributed by atoms with E-state index in [9.17, 15) is 4.79 Å². The van der Waals surface area contributed by atoms with Gasteiger partial charge in [-0.15, -0.1) is 0 Å². The van der Waals surface area contributed by atoms with Crippen molar-refractivity contribution >= 4 is 17.3 Å². The van der Waals surface area contributed by atoms with Gasteiger partial charge in [0.05, 0.1) is 0 Å². The second-order valence-electron chi connectivity index (χ2n) is 5.78. The molecule has 20 heavy (non-hydrogen) atoms. The Morgan fingerprint density at radius 3 is 2.40 bits per heavy atom. The predicted octanol–water partition coefficient (Wildman–Crippen LogP) is 2.79.